The van der Waals surface area contributed by atoms with Crippen molar-refractivity contribution >= 4 is 38.1 Å². The van der Waals surface area contributed by atoms with E-state index in [-0.39, 0.29) is 47.6 Å². The van der Waals surface area contributed by atoms with Gasteiger partial charge in [-0.3, -0.25) is 10.1 Å². The molecule has 170 valence electrons. The number of anilines is 1. The number of aliphatic hydroxyl groups is 2. The van der Waals surface area contributed by atoms with Crippen LogP contribution >= 0.6 is 11.3 Å². The number of sulfonamides is 1. The Morgan fingerprint density at radius 2 is 2.03 bits per heavy atom. The van der Waals surface area contributed by atoms with Crippen molar-refractivity contribution in [1.82, 2.24) is 9.29 Å². The minimum atomic E-state index is -3.83. The number of benzene rings is 1. The van der Waals surface area contributed by atoms with Gasteiger partial charge in [0, 0.05) is 18.7 Å². The molecule has 0 bridgehead atoms. The van der Waals surface area contributed by atoms with Gasteiger partial charge in [0.1, 0.15) is 6.10 Å². The van der Waals surface area contributed by atoms with E-state index < -0.39 is 27.2 Å². The van der Waals surface area contributed by atoms with Gasteiger partial charge < -0.3 is 15.1 Å². The summed E-state index contributed by atoms with van der Waals surface area (Å²) in [6.45, 7) is 2.65. The second kappa shape index (κ2) is 11.2. The number of carbonyl (C=O) groups is 1. The summed E-state index contributed by atoms with van der Waals surface area (Å²) in [5, 5.41) is 23.8. The number of nitrogens with one attached hydrogen (secondary N) is 1. The summed E-state index contributed by atoms with van der Waals surface area (Å²) in [6.07, 6.45) is 0.254. The van der Waals surface area contributed by atoms with Crippen LogP contribution < -0.4 is 5.32 Å². The fraction of sp³-hybridized carbons (Fsp3) is 0.389. The molecule has 3 N–H and O–H groups in total. The normalized spacial score (nSPS) is 13.3. The molecule has 0 radical (unpaired) electrons. The molecule has 0 aliphatic rings. The van der Waals surface area contributed by atoms with Crippen LogP contribution in [0.15, 0.2) is 40.5 Å². The van der Waals surface area contributed by atoms with E-state index in [4.69, 9.17) is 15.1 Å². The van der Waals surface area contributed by atoms with Gasteiger partial charge >= 0.3 is 0 Å². The van der Waals surface area contributed by atoms with Crippen LogP contribution in [0.25, 0.3) is 0 Å². The number of thiazole rings is 1. The third-order valence-electron chi connectivity index (χ3n) is 3.96. The third-order valence-corrected chi connectivity index (χ3v) is 6.65. The number of amides is 1. The maximum Gasteiger partial charge on any atom is 0.280 e. The first-order valence-corrected chi connectivity index (χ1v) is 11.5. The first-order chi connectivity index (χ1) is 14.7. The van der Waals surface area contributed by atoms with Crippen LogP contribution in [0, 0.1) is 5.13 Å². The van der Waals surface area contributed by atoms with Crippen LogP contribution in [0.2, 0.25) is 0 Å². The van der Waals surface area contributed by atoms with E-state index in [0.29, 0.717) is 11.3 Å². The van der Waals surface area contributed by atoms with Crippen LogP contribution in [0.3, 0.4) is 0 Å². The lowest BCUT2D eigenvalue weighted by Gasteiger charge is -2.19. The predicted octanol–water partition coefficient (Wildman–Crippen LogP) is 1.03. The zero-order chi connectivity index (χ0) is 23.0. The SMILES string of the molecule is CCN(CCO)S(=O)(=O)c1ccc(C(=NO[C@H](C)CO)C(=O)Nc2ncc(F)s2)cc1. The summed E-state index contributed by atoms with van der Waals surface area (Å²) in [5.74, 6) is -0.759. The number of nitrogens with zero attached hydrogens (tertiary/aromatic N) is 3. The van der Waals surface area contributed by atoms with E-state index in [2.05, 4.69) is 15.5 Å². The molecular weight excluding hydrogens is 451 g/mol. The second-order valence-electron chi connectivity index (χ2n) is 6.21. The molecule has 1 aromatic heterocycles. The van der Waals surface area contributed by atoms with Crippen LogP contribution in [0.5, 0.6) is 0 Å². The predicted molar refractivity (Wildman–Crippen MR) is 113 cm³/mol. The minimum absolute atomic E-state index is 0.00666. The number of likely N-dealkylation sites (N-methyl/N-ethyl adjacent to an activating group) is 1. The van der Waals surface area contributed by atoms with Gasteiger partial charge in [-0.15, -0.1) is 0 Å². The number of rotatable bonds is 11. The first kappa shape index (κ1) is 24.8. The van der Waals surface area contributed by atoms with Crippen LogP contribution in [0.1, 0.15) is 19.4 Å². The largest absolute Gasteiger partial charge is 0.395 e. The van der Waals surface area contributed by atoms with Crippen molar-refractivity contribution in [3.05, 3.63) is 41.2 Å². The molecule has 0 aliphatic carbocycles. The number of aromatic nitrogens is 1. The van der Waals surface area contributed by atoms with Crippen molar-refractivity contribution in [2.75, 3.05) is 31.6 Å². The Morgan fingerprint density at radius 3 is 2.55 bits per heavy atom. The molecule has 0 spiro atoms. The molecule has 13 heteroatoms. The molecule has 1 atom stereocenters. The van der Waals surface area contributed by atoms with Crippen LogP contribution in [0.4, 0.5) is 9.52 Å². The standard InChI is InChI=1S/C18H23FN4O6S2/c1-3-23(8-9-24)31(27,28)14-6-4-13(5-7-14)16(22-29-12(2)11-25)17(26)21-18-20-10-15(19)30-18/h4-7,10,12,24-25H,3,8-9,11H2,1-2H3,(H,20,21,26)/t12-/m1/s1. The van der Waals surface area contributed by atoms with E-state index in [0.717, 1.165) is 10.5 Å². The molecule has 10 nitrogen and oxygen atoms in total. The average Bonchev–Trinajstić information content (AvgIpc) is 3.16. The van der Waals surface area contributed by atoms with Gasteiger partial charge in [0.25, 0.3) is 5.91 Å². The fourth-order valence-corrected chi connectivity index (χ4v) is 4.34. The maximum atomic E-state index is 13.2. The molecule has 1 heterocycles. The number of halogens is 1. The number of aliphatic hydroxyl groups excluding tert-OH is 2. The zero-order valence-electron chi connectivity index (χ0n) is 16.9. The van der Waals surface area contributed by atoms with Crippen molar-refractivity contribution in [3.8, 4) is 0 Å². The van der Waals surface area contributed by atoms with Crippen molar-refractivity contribution in [2.45, 2.75) is 24.8 Å². The van der Waals surface area contributed by atoms with E-state index >= 15 is 0 Å². The topological polar surface area (TPSA) is 141 Å². The molecule has 2 aromatic rings. The summed E-state index contributed by atoms with van der Waals surface area (Å²) in [7, 11) is -3.83. The molecule has 0 aliphatic heterocycles. The summed E-state index contributed by atoms with van der Waals surface area (Å²) < 4.78 is 39.6. The monoisotopic (exact) mass is 474 g/mol. The minimum Gasteiger partial charge on any atom is -0.395 e. The molecule has 31 heavy (non-hydrogen) atoms. The lowest BCUT2D eigenvalue weighted by Crippen LogP contribution is -2.33. The maximum absolute atomic E-state index is 13.2. The van der Waals surface area contributed by atoms with Gasteiger partial charge in [-0.05, 0) is 19.1 Å². The highest BCUT2D eigenvalue weighted by molar-refractivity contribution is 7.89. The van der Waals surface area contributed by atoms with Gasteiger partial charge in [0.15, 0.2) is 16.0 Å². The molecule has 1 amide bonds. The Morgan fingerprint density at radius 1 is 1.35 bits per heavy atom. The van der Waals surface area contributed by atoms with Crippen molar-refractivity contribution < 1.29 is 32.7 Å². The molecular formula is C18H23FN4O6S2. The van der Waals surface area contributed by atoms with E-state index in [1.54, 1.807) is 6.92 Å². The van der Waals surface area contributed by atoms with Gasteiger partial charge in [-0.25, -0.2) is 13.4 Å². The second-order valence-corrected chi connectivity index (χ2v) is 9.13. The van der Waals surface area contributed by atoms with Gasteiger partial charge in [-0.2, -0.15) is 8.70 Å². The van der Waals surface area contributed by atoms with Gasteiger partial charge in [0.2, 0.25) is 10.0 Å². The average molecular weight is 475 g/mol. The van der Waals surface area contributed by atoms with E-state index in [1.807, 2.05) is 0 Å². The number of oxime groups is 1. The van der Waals surface area contributed by atoms with Crippen molar-refractivity contribution in [3.63, 3.8) is 0 Å². The third kappa shape index (κ3) is 6.51. The number of hydrogen-bond acceptors (Lipinski definition) is 9. The van der Waals surface area contributed by atoms with E-state index in [9.17, 15) is 17.6 Å². The Bertz CT molecular complexity index is 1010. The number of carbonyl (C=O) groups excluding carboxylic acids is 1. The summed E-state index contributed by atoms with van der Waals surface area (Å²) >= 11 is 0.623. The molecule has 0 fully saturated rings. The zero-order valence-corrected chi connectivity index (χ0v) is 18.5. The van der Waals surface area contributed by atoms with Crippen molar-refractivity contribution in [1.29, 1.82) is 0 Å². The lowest BCUT2D eigenvalue weighted by atomic mass is 10.1. The summed E-state index contributed by atoms with van der Waals surface area (Å²) in [4.78, 5) is 21.4. The highest BCUT2D eigenvalue weighted by Crippen LogP contribution is 2.19. The Labute approximate surface area is 183 Å². The lowest BCUT2D eigenvalue weighted by molar-refractivity contribution is -0.110. The molecule has 1 aromatic carbocycles. The summed E-state index contributed by atoms with van der Waals surface area (Å²) in [5.41, 5.74) is 0.00591. The fourth-order valence-electron chi connectivity index (χ4n) is 2.36. The molecule has 0 saturated heterocycles. The smallest absolute Gasteiger partial charge is 0.280 e. The van der Waals surface area contributed by atoms with Crippen LogP contribution in [-0.4, -0.2) is 71.9 Å². The Balaban J connectivity index is 2.34. The van der Waals surface area contributed by atoms with Crippen molar-refractivity contribution in [2.24, 2.45) is 5.16 Å². The Hall–Kier alpha value is -2.45. The van der Waals surface area contributed by atoms with E-state index in [1.165, 1.54) is 31.2 Å². The van der Waals surface area contributed by atoms with Crippen LogP contribution in [-0.2, 0) is 19.7 Å². The Kier molecular flexibility index (Phi) is 9.00. The quantitative estimate of drug-likeness (QED) is 0.326. The van der Waals surface area contributed by atoms with Gasteiger partial charge in [-0.1, -0.05) is 35.5 Å². The summed E-state index contributed by atoms with van der Waals surface area (Å²) in [6, 6.07) is 5.33. The highest BCUT2D eigenvalue weighted by atomic mass is 32.2. The highest BCUT2D eigenvalue weighted by Gasteiger charge is 2.24. The van der Waals surface area contributed by atoms with Gasteiger partial charge in [0.05, 0.1) is 24.3 Å². The first-order valence-electron chi connectivity index (χ1n) is 9.21. The molecule has 2 rings (SSSR count). The number of hydrogen-bond donors (Lipinski definition) is 3. The molecule has 0 saturated carbocycles. The molecule has 0 unspecified atom stereocenters.